The number of rotatable bonds is 9. The van der Waals surface area contributed by atoms with Crippen LogP contribution in [0.5, 0.6) is 0 Å². The van der Waals surface area contributed by atoms with Gasteiger partial charge in [-0.3, -0.25) is 14.5 Å². The van der Waals surface area contributed by atoms with Crippen LogP contribution >= 0.6 is 0 Å². The number of amides is 1. The SMILES string of the molecule is CCCNC(C)(C)C(=O)CCNC(=O)CN1C(C)CCCC1C. The number of carbonyl (C=O) groups excluding carboxylic acids is 2. The Bertz CT molecular complexity index is 386. The van der Waals surface area contributed by atoms with Crippen molar-refractivity contribution in [2.75, 3.05) is 19.6 Å². The van der Waals surface area contributed by atoms with E-state index in [2.05, 4.69) is 36.3 Å². The van der Waals surface area contributed by atoms with E-state index in [1.54, 1.807) is 0 Å². The molecule has 23 heavy (non-hydrogen) atoms. The molecule has 2 atom stereocenters. The second-order valence-corrected chi connectivity index (χ2v) is 7.38. The highest BCUT2D eigenvalue weighted by Gasteiger charge is 2.27. The predicted molar refractivity (Wildman–Crippen MR) is 94.5 cm³/mol. The number of nitrogens with zero attached hydrogens (tertiary/aromatic N) is 1. The van der Waals surface area contributed by atoms with Crippen molar-refractivity contribution < 1.29 is 9.59 Å². The maximum atomic E-state index is 12.2. The molecule has 1 aliphatic heterocycles. The Kier molecular flexibility index (Phi) is 8.20. The molecule has 1 rings (SSSR count). The molecule has 5 nitrogen and oxygen atoms in total. The summed E-state index contributed by atoms with van der Waals surface area (Å²) in [5, 5.41) is 6.15. The lowest BCUT2D eigenvalue weighted by Gasteiger charge is -2.38. The second-order valence-electron chi connectivity index (χ2n) is 7.38. The van der Waals surface area contributed by atoms with Crippen LogP contribution in [0.1, 0.15) is 66.7 Å². The molecule has 0 aromatic rings. The molecule has 1 heterocycles. The summed E-state index contributed by atoms with van der Waals surface area (Å²) in [6.07, 6.45) is 4.94. The van der Waals surface area contributed by atoms with Crippen molar-refractivity contribution in [3.8, 4) is 0 Å². The minimum absolute atomic E-state index is 0.0257. The highest BCUT2D eigenvalue weighted by Crippen LogP contribution is 2.21. The molecule has 0 aromatic carbocycles. The first-order chi connectivity index (χ1) is 10.8. The van der Waals surface area contributed by atoms with Crippen LogP contribution in [-0.2, 0) is 9.59 Å². The van der Waals surface area contributed by atoms with Crippen LogP contribution in [0.2, 0.25) is 0 Å². The van der Waals surface area contributed by atoms with Crippen molar-refractivity contribution in [3.05, 3.63) is 0 Å². The standard InChI is InChI=1S/C18H35N3O2/c1-6-11-20-18(4,5)16(22)10-12-19-17(23)13-21-14(2)8-7-9-15(21)3/h14-15,20H,6-13H2,1-5H3,(H,19,23). The van der Waals surface area contributed by atoms with Crippen LogP contribution in [0.15, 0.2) is 0 Å². The number of Topliss-reactive ketones (excluding diaryl/α,β-unsaturated/α-hetero) is 1. The second kappa shape index (κ2) is 9.38. The number of hydrogen-bond acceptors (Lipinski definition) is 4. The molecular weight excluding hydrogens is 290 g/mol. The van der Waals surface area contributed by atoms with Crippen LogP contribution in [0.4, 0.5) is 0 Å². The van der Waals surface area contributed by atoms with Gasteiger partial charge in [0.25, 0.3) is 0 Å². The van der Waals surface area contributed by atoms with E-state index in [1.165, 1.54) is 6.42 Å². The van der Waals surface area contributed by atoms with Crippen molar-refractivity contribution in [3.63, 3.8) is 0 Å². The lowest BCUT2D eigenvalue weighted by atomic mass is 9.96. The van der Waals surface area contributed by atoms with Gasteiger partial charge in [0.05, 0.1) is 12.1 Å². The summed E-state index contributed by atoms with van der Waals surface area (Å²) < 4.78 is 0. The number of nitrogens with one attached hydrogen (secondary N) is 2. The van der Waals surface area contributed by atoms with Crippen LogP contribution < -0.4 is 10.6 Å². The fourth-order valence-corrected chi connectivity index (χ4v) is 3.17. The van der Waals surface area contributed by atoms with E-state index in [1.807, 2.05) is 13.8 Å². The number of carbonyl (C=O) groups is 2. The molecule has 0 aromatic heterocycles. The Labute approximate surface area is 141 Å². The van der Waals surface area contributed by atoms with E-state index in [0.717, 1.165) is 25.8 Å². The van der Waals surface area contributed by atoms with Crippen molar-refractivity contribution in [2.24, 2.45) is 0 Å². The highest BCUT2D eigenvalue weighted by molar-refractivity contribution is 5.88. The van der Waals surface area contributed by atoms with Crippen LogP contribution in [0.25, 0.3) is 0 Å². The Morgan fingerprint density at radius 3 is 2.30 bits per heavy atom. The Morgan fingerprint density at radius 2 is 1.74 bits per heavy atom. The molecule has 0 saturated carbocycles. The maximum absolute atomic E-state index is 12.2. The summed E-state index contributed by atoms with van der Waals surface area (Å²) >= 11 is 0. The van der Waals surface area contributed by atoms with E-state index in [0.29, 0.717) is 31.6 Å². The van der Waals surface area contributed by atoms with Gasteiger partial charge in [0.15, 0.2) is 5.78 Å². The molecule has 1 fully saturated rings. The third kappa shape index (κ3) is 6.60. The normalized spacial score (nSPS) is 22.8. The first-order valence-electron chi connectivity index (χ1n) is 9.08. The summed E-state index contributed by atoms with van der Waals surface area (Å²) in [5.41, 5.74) is -0.517. The molecule has 0 radical (unpaired) electrons. The van der Waals surface area contributed by atoms with E-state index >= 15 is 0 Å². The lowest BCUT2D eigenvalue weighted by Crippen LogP contribution is -2.50. The van der Waals surface area contributed by atoms with Crippen molar-refractivity contribution in [1.82, 2.24) is 15.5 Å². The third-order valence-electron chi connectivity index (χ3n) is 4.89. The molecule has 2 unspecified atom stereocenters. The average Bonchev–Trinajstić information content (AvgIpc) is 2.49. The lowest BCUT2D eigenvalue weighted by molar-refractivity contribution is -0.125. The van der Waals surface area contributed by atoms with Crippen LogP contribution in [-0.4, -0.2) is 53.8 Å². The molecule has 5 heteroatoms. The molecule has 1 amide bonds. The first kappa shape index (κ1) is 20.1. The van der Waals surface area contributed by atoms with Crippen LogP contribution in [0.3, 0.4) is 0 Å². The smallest absolute Gasteiger partial charge is 0.234 e. The fraction of sp³-hybridized carbons (Fsp3) is 0.889. The molecular formula is C18H35N3O2. The zero-order valence-corrected chi connectivity index (χ0v) is 15.6. The van der Waals surface area contributed by atoms with Gasteiger partial charge in [0, 0.05) is 25.0 Å². The largest absolute Gasteiger partial charge is 0.355 e. The van der Waals surface area contributed by atoms with Gasteiger partial charge in [-0.1, -0.05) is 13.3 Å². The van der Waals surface area contributed by atoms with E-state index < -0.39 is 5.54 Å². The van der Waals surface area contributed by atoms with Gasteiger partial charge < -0.3 is 10.6 Å². The van der Waals surface area contributed by atoms with Gasteiger partial charge in [-0.15, -0.1) is 0 Å². The Balaban J connectivity index is 2.32. The minimum atomic E-state index is -0.517. The van der Waals surface area contributed by atoms with E-state index in [-0.39, 0.29) is 11.7 Å². The Morgan fingerprint density at radius 1 is 1.13 bits per heavy atom. The van der Waals surface area contributed by atoms with Crippen molar-refractivity contribution in [2.45, 2.75) is 84.3 Å². The molecule has 0 aliphatic carbocycles. The average molecular weight is 325 g/mol. The quantitative estimate of drug-likeness (QED) is 0.681. The van der Waals surface area contributed by atoms with Gasteiger partial charge in [-0.2, -0.15) is 0 Å². The summed E-state index contributed by atoms with van der Waals surface area (Å²) in [6, 6.07) is 0.923. The zero-order chi connectivity index (χ0) is 17.5. The molecule has 1 saturated heterocycles. The topological polar surface area (TPSA) is 61.4 Å². The van der Waals surface area contributed by atoms with Crippen LogP contribution in [0, 0.1) is 0 Å². The van der Waals surface area contributed by atoms with Gasteiger partial charge in [0.2, 0.25) is 5.91 Å². The maximum Gasteiger partial charge on any atom is 0.234 e. The van der Waals surface area contributed by atoms with Gasteiger partial charge >= 0.3 is 0 Å². The molecule has 0 bridgehead atoms. The molecule has 0 spiro atoms. The number of piperidine rings is 1. The van der Waals surface area contributed by atoms with E-state index in [9.17, 15) is 9.59 Å². The van der Waals surface area contributed by atoms with Gasteiger partial charge in [-0.05, 0) is 53.5 Å². The number of likely N-dealkylation sites (tertiary alicyclic amines) is 1. The molecule has 134 valence electrons. The summed E-state index contributed by atoms with van der Waals surface area (Å²) in [6.45, 7) is 12.0. The van der Waals surface area contributed by atoms with Gasteiger partial charge in [0.1, 0.15) is 0 Å². The van der Waals surface area contributed by atoms with Gasteiger partial charge in [-0.25, -0.2) is 0 Å². The van der Waals surface area contributed by atoms with E-state index in [4.69, 9.17) is 0 Å². The summed E-state index contributed by atoms with van der Waals surface area (Å²) in [7, 11) is 0. The highest BCUT2D eigenvalue weighted by atomic mass is 16.2. The predicted octanol–water partition coefficient (Wildman–Crippen LogP) is 2.10. The Hall–Kier alpha value is -0.940. The third-order valence-corrected chi connectivity index (χ3v) is 4.89. The monoisotopic (exact) mass is 325 g/mol. The first-order valence-corrected chi connectivity index (χ1v) is 9.08. The van der Waals surface area contributed by atoms with Crippen molar-refractivity contribution in [1.29, 1.82) is 0 Å². The minimum Gasteiger partial charge on any atom is -0.355 e. The number of hydrogen-bond donors (Lipinski definition) is 2. The van der Waals surface area contributed by atoms with Crippen molar-refractivity contribution >= 4 is 11.7 Å². The molecule has 2 N–H and O–H groups in total. The zero-order valence-electron chi connectivity index (χ0n) is 15.6. The summed E-state index contributed by atoms with van der Waals surface area (Å²) in [5.74, 6) is 0.170. The summed E-state index contributed by atoms with van der Waals surface area (Å²) in [4.78, 5) is 26.6. The number of ketones is 1. The fourth-order valence-electron chi connectivity index (χ4n) is 3.17. The molecule has 1 aliphatic rings.